The first-order chi connectivity index (χ1) is 10.0. The first-order valence-corrected chi connectivity index (χ1v) is 6.83. The Kier molecular flexibility index (Phi) is 4.58. The number of aryl methyl sites for hydroxylation is 1. The van der Waals surface area contributed by atoms with Gasteiger partial charge in [-0.25, -0.2) is 0 Å². The van der Waals surface area contributed by atoms with Crippen LogP contribution in [0.5, 0.6) is 17.2 Å². The van der Waals surface area contributed by atoms with Crippen LogP contribution in [0.25, 0.3) is 0 Å². The number of anilines is 1. The summed E-state index contributed by atoms with van der Waals surface area (Å²) >= 11 is 0. The first-order valence-electron chi connectivity index (χ1n) is 6.83. The first kappa shape index (κ1) is 15.0. The predicted molar refractivity (Wildman–Crippen MR) is 84.4 cm³/mol. The number of phenolic OH excluding ortho intramolecular Hbond substituents is 1. The van der Waals surface area contributed by atoms with Gasteiger partial charge in [0, 0.05) is 11.7 Å². The van der Waals surface area contributed by atoms with Crippen molar-refractivity contribution >= 4 is 5.69 Å². The second-order valence-corrected chi connectivity index (χ2v) is 4.98. The van der Waals surface area contributed by atoms with Crippen LogP contribution in [-0.2, 0) is 0 Å². The smallest absolute Gasteiger partial charge is 0.161 e. The maximum Gasteiger partial charge on any atom is 0.161 e. The molecule has 4 heteroatoms. The Labute approximate surface area is 125 Å². The number of phenols is 1. The lowest BCUT2D eigenvalue weighted by Gasteiger charge is -2.18. The lowest BCUT2D eigenvalue weighted by Crippen LogP contribution is -2.07. The van der Waals surface area contributed by atoms with Crippen LogP contribution in [0, 0.1) is 6.92 Å². The summed E-state index contributed by atoms with van der Waals surface area (Å²) in [4.78, 5) is 0. The molecule has 1 atom stereocenters. The lowest BCUT2D eigenvalue weighted by molar-refractivity contribution is 0.354. The predicted octanol–water partition coefficient (Wildman–Crippen LogP) is 3.89. The minimum absolute atomic E-state index is 0.105. The Morgan fingerprint density at radius 2 is 1.71 bits per heavy atom. The molecule has 1 unspecified atom stereocenters. The van der Waals surface area contributed by atoms with Crippen LogP contribution in [0.3, 0.4) is 0 Å². The number of methoxy groups -OCH3 is 2. The van der Waals surface area contributed by atoms with Gasteiger partial charge in [0.25, 0.3) is 0 Å². The van der Waals surface area contributed by atoms with Gasteiger partial charge in [-0.1, -0.05) is 6.07 Å². The SMILES string of the molecule is COc1ccc(C(C)Nc2ccc(O)c(C)c2)cc1OC. The fourth-order valence-corrected chi connectivity index (χ4v) is 2.20. The molecule has 0 saturated heterocycles. The van der Waals surface area contributed by atoms with Crippen molar-refractivity contribution in [1.82, 2.24) is 0 Å². The highest BCUT2D eigenvalue weighted by atomic mass is 16.5. The van der Waals surface area contributed by atoms with Crippen molar-refractivity contribution in [3.63, 3.8) is 0 Å². The average molecular weight is 287 g/mol. The number of benzene rings is 2. The van der Waals surface area contributed by atoms with Crippen molar-refractivity contribution in [2.75, 3.05) is 19.5 Å². The van der Waals surface area contributed by atoms with Gasteiger partial charge < -0.3 is 19.9 Å². The Bertz CT molecular complexity index is 625. The van der Waals surface area contributed by atoms with E-state index in [1.165, 1.54) is 0 Å². The van der Waals surface area contributed by atoms with Crippen LogP contribution in [0.1, 0.15) is 24.1 Å². The minimum atomic E-state index is 0.105. The molecule has 0 bridgehead atoms. The maximum absolute atomic E-state index is 9.56. The third kappa shape index (κ3) is 3.40. The Morgan fingerprint density at radius 3 is 2.33 bits per heavy atom. The summed E-state index contributed by atoms with van der Waals surface area (Å²) < 4.78 is 10.6. The van der Waals surface area contributed by atoms with Crippen LogP contribution in [0.15, 0.2) is 36.4 Å². The Hall–Kier alpha value is -2.36. The van der Waals surface area contributed by atoms with E-state index in [1.807, 2.05) is 37.3 Å². The van der Waals surface area contributed by atoms with E-state index in [2.05, 4.69) is 12.2 Å². The van der Waals surface area contributed by atoms with Crippen LogP contribution in [-0.4, -0.2) is 19.3 Å². The van der Waals surface area contributed by atoms with E-state index in [-0.39, 0.29) is 6.04 Å². The third-order valence-corrected chi connectivity index (χ3v) is 3.49. The van der Waals surface area contributed by atoms with E-state index >= 15 is 0 Å². The van der Waals surface area contributed by atoms with Crippen molar-refractivity contribution in [2.45, 2.75) is 19.9 Å². The summed E-state index contributed by atoms with van der Waals surface area (Å²) in [6.45, 7) is 3.95. The second kappa shape index (κ2) is 6.39. The molecule has 2 aromatic rings. The van der Waals surface area contributed by atoms with Crippen molar-refractivity contribution in [3.05, 3.63) is 47.5 Å². The van der Waals surface area contributed by atoms with Gasteiger partial charge in [0.2, 0.25) is 0 Å². The fraction of sp³-hybridized carbons (Fsp3) is 0.294. The fourth-order valence-electron chi connectivity index (χ4n) is 2.20. The molecule has 21 heavy (non-hydrogen) atoms. The van der Waals surface area contributed by atoms with Gasteiger partial charge in [-0.2, -0.15) is 0 Å². The number of hydrogen-bond donors (Lipinski definition) is 2. The number of ether oxygens (including phenoxy) is 2. The molecular weight excluding hydrogens is 266 g/mol. The molecule has 0 fully saturated rings. The average Bonchev–Trinajstić information content (AvgIpc) is 2.50. The molecule has 0 spiro atoms. The van der Waals surface area contributed by atoms with Crippen LogP contribution < -0.4 is 14.8 Å². The van der Waals surface area contributed by atoms with Crippen molar-refractivity contribution in [3.8, 4) is 17.2 Å². The molecule has 0 radical (unpaired) electrons. The number of hydrogen-bond acceptors (Lipinski definition) is 4. The van der Waals surface area contributed by atoms with Gasteiger partial charge in [-0.05, 0) is 55.3 Å². The lowest BCUT2D eigenvalue weighted by atomic mass is 10.1. The molecule has 0 amide bonds. The summed E-state index contributed by atoms with van der Waals surface area (Å²) in [5.74, 6) is 1.73. The van der Waals surface area contributed by atoms with Crippen LogP contribution >= 0.6 is 0 Å². The quantitative estimate of drug-likeness (QED) is 0.819. The second-order valence-electron chi connectivity index (χ2n) is 4.98. The van der Waals surface area contributed by atoms with E-state index < -0.39 is 0 Å². The molecule has 4 nitrogen and oxygen atoms in total. The zero-order chi connectivity index (χ0) is 15.4. The Balaban J connectivity index is 2.19. The molecule has 0 saturated carbocycles. The highest BCUT2D eigenvalue weighted by molar-refractivity contribution is 5.52. The van der Waals surface area contributed by atoms with Gasteiger partial charge >= 0.3 is 0 Å². The molecule has 0 aromatic heterocycles. The molecular formula is C17H21NO3. The van der Waals surface area contributed by atoms with Crippen LogP contribution in [0.2, 0.25) is 0 Å². The van der Waals surface area contributed by atoms with E-state index in [4.69, 9.17) is 9.47 Å². The monoisotopic (exact) mass is 287 g/mol. The summed E-state index contributed by atoms with van der Waals surface area (Å²) in [5.41, 5.74) is 2.91. The highest BCUT2D eigenvalue weighted by Gasteiger charge is 2.10. The molecule has 2 N–H and O–H groups in total. The minimum Gasteiger partial charge on any atom is -0.508 e. The van der Waals surface area contributed by atoms with Crippen LogP contribution in [0.4, 0.5) is 5.69 Å². The van der Waals surface area contributed by atoms with E-state index in [9.17, 15) is 5.11 Å². The summed E-state index contributed by atoms with van der Waals surface area (Å²) in [6, 6.07) is 11.4. The van der Waals surface area contributed by atoms with Crippen molar-refractivity contribution in [1.29, 1.82) is 0 Å². The normalized spacial score (nSPS) is 11.8. The van der Waals surface area contributed by atoms with E-state index in [1.54, 1.807) is 20.3 Å². The molecule has 112 valence electrons. The van der Waals surface area contributed by atoms with Gasteiger partial charge in [0.1, 0.15) is 5.75 Å². The standard InChI is InChI=1S/C17H21NO3/c1-11-9-14(6-7-15(11)19)18-12(2)13-5-8-16(20-3)17(10-13)21-4/h5-10,12,18-19H,1-4H3. The van der Waals surface area contributed by atoms with Gasteiger partial charge in [-0.15, -0.1) is 0 Å². The summed E-state index contributed by atoms with van der Waals surface area (Å²) in [6.07, 6.45) is 0. The van der Waals surface area contributed by atoms with Gasteiger partial charge in [-0.3, -0.25) is 0 Å². The van der Waals surface area contributed by atoms with Crippen molar-refractivity contribution < 1.29 is 14.6 Å². The highest BCUT2D eigenvalue weighted by Crippen LogP contribution is 2.31. The summed E-state index contributed by atoms with van der Waals surface area (Å²) in [5, 5.41) is 13.0. The maximum atomic E-state index is 9.56. The molecule has 0 aliphatic rings. The molecule has 2 rings (SSSR count). The van der Waals surface area contributed by atoms with Crippen molar-refractivity contribution in [2.24, 2.45) is 0 Å². The topological polar surface area (TPSA) is 50.7 Å². The van der Waals surface area contributed by atoms with Gasteiger partial charge in [0.05, 0.1) is 14.2 Å². The molecule has 0 aliphatic carbocycles. The summed E-state index contributed by atoms with van der Waals surface area (Å²) in [7, 11) is 3.25. The van der Waals surface area contributed by atoms with E-state index in [0.717, 1.165) is 16.8 Å². The molecule has 0 aliphatic heterocycles. The zero-order valence-electron chi connectivity index (χ0n) is 12.8. The van der Waals surface area contributed by atoms with Gasteiger partial charge in [0.15, 0.2) is 11.5 Å². The number of aromatic hydroxyl groups is 1. The number of nitrogens with one attached hydrogen (secondary N) is 1. The zero-order valence-corrected chi connectivity index (χ0v) is 12.8. The van der Waals surface area contributed by atoms with E-state index in [0.29, 0.717) is 17.2 Å². The largest absolute Gasteiger partial charge is 0.508 e. The third-order valence-electron chi connectivity index (χ3n) is 3.49. The Morgan fingerprint density at radius 1 is 1.00 bits per heavy atom. The molecule has 0 heterocycles. The molecule has 2 aromatic carbocycles. The number of rotatable bonds is 5.